The highest BCUT2D eigenvalue weighted by atomic mass is 35.5. The van der Waals surface area contributed by atoms with Gasteiger partial charge in [0.15, 0.2) is 0 Å². The molecule has 23 heavy (non-hydrogen) atoms. The standard InChI is InChI=1S/C17H18Cl2N2O2/c1-23-14-5-2-12(3-6-14)11-20-9-8-17(22)21-16-10-13(18)4-7-15(16)19/h2-7,10,20H,8-9,11H2,1H3,(H,21,22). The number of methoxy groups -OCH3 is 1. The zero-order valence-corrected chi connectivity index (χ0v) is 14.2. The lowest BCUT2D eigenvalue weighted by atomic mass is 10.2. The molecule has 2 aromatic carbocycles. The van der Waals surface area contributed by atoms with Crippen LogP contribution in [0.4, 0.5) is 5.69 Å². The smallest absolute Gasteiger partial charge is 0.225 e. The molecule has 0 aliphatic carbocycles. The predicted molar refractivity (Wildman–Crippen MR) is 94.4 cm³/mol. The maximum Gasteiger partial charge on any atom is 0.225 e. The SMILES string of the molecule is COc1ccc(CNCCC(=O)Nc2cc(Cl)ccc2Cl)cc1. The van der Waals surface area contributed by atoms with Gasteiger partial charge in [-0.25, -0.2) is 0 Å². The Morgan fingerprint density at radius 1 is 1.13 bits per heavy atom. The van der Waals surface area contributed by atoms with Crippen molar-refractivity contribution in [2.75, 3.05) is 19.0 Å². The molecular formula is C17H18Cl2N2O2. The number of halogens is 2. The molecule has 1 amide bonds. The summed E-state index contributed by atoms with van der Waals surface area (Å²) in [6, 6.07) is 12.7. The summed E-state index contributed by atoms with van der Waals surface area (Å²) in [4.78, 5) is 11.9. The van der Waals surface area contributed by atoms with Crippen LogP contribution in [0.2, 0.25) is 10.0 Å². The first kappa shape index (κ1) is 17.6. The van der Waals surface area contributed by atoms with E-state index in [0.717, 1.165) is 11.3 Å². The zero-order chi connectivity index (χ0) is 16.7. The predicted octanol–water partition coefficient (Wildman–Crippen LogP) is 4.12. The lowest BCUT2D eigenvalue weighted by molar-refractivity contribution is -0.116. The fourth-order valence-corrected chi connectivity index (χ4v) is 2.32. The topological polar surface area (TPSA) is 50.4 Å². The maximum absolute atomic E-state index is 11.9. The lowest BCUT2D eigenvalue weighted by Gasteiger charge is -2.09. The number of benzene rings is 2. The van der Waals surface area contributed by atoms with Crippen LogP contribution in [0.5, 0.6) is 5.75 Å². The van der Waals surface area contributed by atoms with Crippen molar-refractivity contribution in [1.29, 1.82) is 0 Å². The fraction of sp³-hybridized carbons (Fsp3) is 0.235. The van der Waals surface area contributed by atoms with Gasteiger partial charge in [0.1, 0.15) is 5.75 Å². The van der Waals surface area contributed by atoms with E-state index in [4.69, 9.17) is 27.9 Å². The average Bonchev–Trinajstić information content (AvgIpc) is 2.55. The van der Waals surface area contributed by atoms with E-state index >= 15 is 0 Å². The van der Waals surface area contributed by atoms with E-state index in [1.807, 2.05) is 24.3 Å². The minimum absolute atomic E-state index is 0.114. The number of hydrogen-bond acceptors (Lipinski definition) is 3. The summed E-state index contributed by atoms with van der Waals surface area (Å²) in [6.45, 7) is 1.26. The number of ether oxygens (including phenoxy) is 1. The third-order valence-electron chi connectivity index (χ3n) is 3.22. The van der Waals surface area contributed by atoms with E-state index in [0.29, 0.717) is 35.2 Å². The Balaban J connectivity index is 1.73. The first-order valence-corrected chi connectivity index (χ1v) is 7.92. The highest BCUT2D eigenvalue weighted by Gasteiger charge is 2.06. The van der Waals surface area contributed by atoms with E-state index in [9.17, 15) is 4.79 Å². The average molecular weight is 353 g/mol. The highest BCUT2D eigenvalue weighted by molar-refractivity contribution is 6.35. The molecule has 0 spiro atoms. The molecule has 0 heterocycles. The van der Waals surface area contributed by atoms with Gasteiger partial charge in [0.25, 0.3) is 0 Å². The minimum atomic E-state index is -0.114. The molecule has 2 rings (SSSR count). The molecule has 0 unspecified atom stereocenters. The first-order chi connectivity index (χ1) is 11.1. The molecule has 2 N–H and O–H groups in total. The van der Waals surface area contributed by atoms with Crippen LogP contribution >= 0.6 is 23.2 Å². The molecule has 0 aromatic heterocycles. The Hall–Kier alpha value is -1.75. The Morgan fingerprint density at radius 3 is 2.57 bits per heavy atom. The van der Waals surface area contributed by atoms with Gasteiger partial charge in [-0.1, -0.05) is 35.3 Å². The summed E-state index contributed by atoms with van der Waals surface area (Å²) in [5, 5.41) is 6.97. The van der Waals surface area contributed by atoms with Crippen molar-refractivity contribution in [3.63, 3.8) is 0 Å². The molecule has 0 atom stereocenters. The molecule has 0 saturated heterocycles. The van der Waals surface area contributed by atoms with Crippen LogP contribution in [-0.2, 0) is 11.3 Å². The summed E-state index contributed by atoms with van der Waals surface area (Å²) in [5.74, 6) is 0.711. The van der Waals surface area contributed by atoms with Gasteiger partial charge in [-0.05, 0) is 35.9 Å². The van der Waals surface area contributed by atoms with Gasteiger partial charge in [-0.15, -0.1) is 0 Å². The Kier molecular flexibility index (Phi) is 6.71. The molecule has 6 heteroatoms. The molecule has 0 saturated carbocycles. The number of carbonyl (C=O) groups excluding carboxylic acids is 1. The second-order valence-corrected chi connectivity index (χ2v) is 5.79. The Bertz CT molecular complexity index is 660. The molecule has 0 bridgehead atoms. The Morgan fingerprint density at radius 2 is 1.87 bits per heavy atom. The summed E-state index contributed by atoms with van der Waals surface area (Å²) in [6.07, 6.45) is 0.346. The van der Waals surface area contributed by atoms with Crippen molar-refractivity contribution in [3.8, 4) is 5.75 Å². The number of rotatable bonds is 7. The van der Waals surface area contributed by atoms with Gasteiger partial charge in [-0.3, -0.25) is 4.79 Å². The number of nitrogens with one attached hydrogen (secondary N) is 2. The maximum atomic E-state index is 11.9. The van der Waals surface area contributed by atoms with Gasteiger partial charge < -0.3 is 15.4 Å². The molecule has 0 aliphatic heterocycles. The van der Waals surface area contributed by atoms with Gasteiger partial charge in [0.2, 0.25) is 5.91 Å². The van der Waals surface area contributed by atoms with Crippen LogP contribution in [0.1, 0.15) is 12.0 Å². The van der Waals surface area contributed by atoms with Crippen LogP contribution < -0.4 is 15.4 Å². The summed E-state index contributed by atoms with van der Waals surface area (Å²) >= 11 is 11.9. The van der Waals surface area contributed by atoms with Crippen LogP contribution in [0, 0.1) is 0 Å². The van der Waals surface area contributed by atoms with Crippen LogP contribution in [0.25, 0.3) is 0 Å². The third-order valence-corrected chi connectivity index (χ3v) is 3.78. The lowest BCUT2D eigenvalue weighted by Crippen LogP contribution is -2.21. The zero-order valence-electron chi connectivity index (χ0n) is 12.7. The Labute approximate surface area is 145 Å². The fourth-order valence-electron chi connectivity index (χ4n) is 1.98. The number of anilines is 1. The molecular weight excluding hydrogens is 335 g/mol. The van der Waals surface area contributed by atoms with E-state index in [1.54, 1.807) is 25.3 Å². The van der Waals surface area contributed by atoms with E-state index in [-0.39, 0.29) is 5.91 Å². The second kappa shape index (κ2) is 8.77. The van der Waals surface area contributed by atoms with Crippen molar-refractivity contribution in [2.45, 2.75) is 13.0 Å². The summed E-state index contributed by atoms with van der Waals surface area (Å²) in [5.41, 5.74) is 1.66. The van der Waals surface area contributed by atoms with Crippen molar-refractivity contribution in [2.24, 2.45) is 0 Å². The number of amides is 1. The number of hydrogen-bond donors (Lipinski definition) is 2. The summed E-state index contributed by atoms with van der Waals surface area (Å²) < 4.78 is 5.11. The van der Waals surface area contributed by atoms with Gasteiger partial charge in [0, 0.05) is 24.5 Å². The largest absolute Gasteiger partial charge is 0.497 e. The van der Waals surface area contributed by atoms with Gasteiger partial charge >= 0.3 is 0 Å². The highest BCUT2D eigenvalue weighted by Crippen LogP contribution is 2.25. The van der Waals surface area contributed by atoms with Crippen molar-refractivity contribution in [1.82, 2.24) is 5.32 Å². The van der Waals surface area contributed by atoms with Crippen molar-refractivity contribution >= 4 is 34.8 Å². The van der Waals surface area contributed by atoms with Crippen molar-refractivity contribution in [3.05, 3.63) is 58.1 Å². The quantitative estimate of drug-likeness (QED) is 0.737. The molecule has 0 fully saturated rings. The van der Waals surface area contributed by atoms with Gasteiger partial charge in [-0.2, -0.15) is 0 Å². The monoisotopic (exact) mass is 352 g/mol. The summed E-state index contributed by atoms with van der Waals surface area (Å²) in [7, 11) is 1.64. The van der Waals surface area contributed by atoms with Crippen LogP contribution in [0.15, 0.2) is 42.5 Å². The molecule has 4 nitrogen and oxygen atoms in total. The van der Waals surface area contributed by atoms with Gasteiger partial charge in [0.05, 0.1) is 17.8 Å². The van der Waals surface area contributed by atoms with Crippen molar-refractivity contribution < 1.29 is 9.53 Å². The van der Waals surface area contributed by atoms with E-state index < -0.39 is 0 Å². The minimum Gasteiger partial charge on any atom is -0.497 e. The molecule has 2 aromatic rings. The van der Waals surface area contributed by atoms with Crippen LogP contribution in [-0.4, -0.2) is 19.6 Å². The second-order valence-electron chi connectivity index (χ2n) is 4.95. The van der Waals surface area contributed by atoms with E-state index in [1.165, 1.54) is 0 Å². The molecule has 0 radical (unpaired) electrons. The molecule has 0 aliphatic rings. The third kappa shape index (κ3) is 5.75. The number of carbonyl (C=O) groups is 1. The van der Waals surface area contributed by atoms with Crippen LogP contribution in [0.3, 0.4) is 0 Å². The first-order valence-electron chi connectivity index (χ1n) is 7.17. The van der Waals surface area contributed by atoms with E-state index in [2.05, 4.69) is 10.6 Å². The normalized spacial score (nSPS) is 10.4. The molecule has 122 valence electrons.